The first-order chi connectivity index (χ1) is 10.7. The Bertz CT molecular complexity index is 881. The van der Waals surface area contributed by atoms with Crippen LogP contribution in [0, 0.1) is 0 Å². The lowest BCUT2D eigenvalue weighted by Crippen LogP contribution is -2.34. The maximum Gasteiger partial charge on any atom is 0.276 e. The molecule has 0 radical (unpaired) electrons. The topological polar surface area (TPSA) is 77.6 Å². The van der Waals surface area contributed by atoms with Crippen molar-refractivity contribution in [2.75, 3.05) is 20.3 Å². The monoisotopic (exact) mass is 300 g/mol. The fraction of sp³-hybridized carbons (Fsp3) is 0.267. The number of ether oxygens (including phenoxy) is 1. The molecule has 0 fully saturated rings. The Morgan fingerprint density at radius 2 is 2.14 bits per heavy atom. The second kappa shape index (κ2) is 5.98. The minimum absolute atomic E-state index is 0.0717. The minimum Gasteiger partial charge on any atom is -0.383 e. The largest absolute Gasteiger partial charge is 0.383 e. The van der Waals surface area contributed by atoms with Gasteiger partial charge in [-0.3, -0.25) is 14.2 Å². The smallest absolute Gasteiger partial charge is 0.276 e. The highest BCUT2D eigenvalue weighted by atomic mass is 16.5. The predicted molar refractivity (Wildman–Crippen MR) is 81.8 cm³/mol. The Morgan fingerprint density at radius 3 is 2.95 bits per heavy atom. The summed E-state index contributed by atoms with van der Waals surface area (Å²) in [5.41, 5.74) is 1.55. The van der Waals surface area contributed by atoms with Crippen LogP contribution in [0.3, 0.4) is 0 Å². The molecule has 0 aromatic carbocycles. The molecule has 0 bridgehead atoms. The fourth-order valence-electron chi connectivity index (χ4n) is 2.42. The van der Waals surface area contributed by atoms with Crippen molar-refractivity contribution in [1.82, 2.24) is 19.3 Å². The van der Waals surface area contributed by atoms with E-state index in [9.17, 15) is 9.59 Å². The van der Waals surface area contributed by atoms with Crippen LogP contribution in [0.15, 0.2) is 41.5 Å². The van der Waals surface area contributed by atoms with Gasteiger partial charge < -0.3 is 14.5 Å². The molecule has 114 valence electrons. The molecular weight excluding hydrogens is 284 g/mol. The summed E-state index contributed by atoms with van der Waals surface area (Å²) in [6.07, 6.45) is 3.42. The van der Waals surface area contributed by atoms with Gasteiger partial charge in [0.2, 0.25) is 5.91 Å². The second-order valence-electron chi connectivity index (χ2n) is 4.84. The van der Waals surface area contributed by atoms with Crippen molar-refractivity contribution in [2.45, 2.75) is 6.54 Å². The van der Waals surface area contributed by atoms with Gasteiger partial charge in [0.05, 0.1) is 12.1 Å². The number of fused-ring (bicyclic) bond motifs is 3. The molecule has 0 aliphatic carbocycles. The van der Waals surface area contributed by atoms with Crippen LogP contribution in [0.4, 0.5) is 0 Å². The van der Waals surface area contributed by atoms with Crippen molar-refractivity contribution in [3.05, 3.63) is 47.0 Å². The Labute approximate surface area is 126 Å². The van der Waals surface area contributed by atoms with Crippen LogP contribution >= 0.6 is 0 Å². The third kappa shape index (κ3) is 2.46. The molecule has 1 N–H and O–H groups in total. The van der Waals surface area contributed by atoms with Gasteiger partial charge in [-0.15, -0.1) is 0 Å². The van der Waals surface area contributed by atoms with Crippen molar-refractivity contribution in [3.63, 3.8) is 0 Å². The van der Waals surface area contributed by atoms with Gasteiger partial charge in [0.25, 0.3) is 5.56 Å². The molecule has 1 amide bonds. The summed E-state index contributed by atoms with van der Waals surface area (Å²) in [4.78, 5) is 28.8. The van der Waals surface area contributed by atoms with Crippen LogP contribution in [0.2, 0.25) is 0 Å². The van der Waals surface area contributed by atoms with E-state index >= 15 is 0 Å². The summed E-state index contributed by atoms with van der Waals surface area (Å²) in [6, 6.07) is 7.20. The van der Waals surface area contributed by atoms with Crippen LogP contribution in [0.1, 0.15) is 0 Å². The van der Waals surface area contributed by atoms with Gasteiger partial charge in [0.1, 0.15) is 12.1 Å². The van der Waals surface area contributed by atoms with Crippen LogP contribution in [0.5, 0.6) is 0 Å². The zero-order valence-corrected chi connectivity index (χ0v) is 12.2. The van der Waals surface area contributed by atoms with Crippen LogP contribution in [-0.2, 0) is 16.1 Å². The van der Waals surface area contributed by atoms with Gasteiger partial charge in [0.15, 0.2) is 5.65 Å². The van der Waals surface area contributed by atoms with Crippen molar-refractivity contribution >= 4 is 22.6 Å². The highest BCUT2D eigenvalue weighted by molar-refractivity contribution is 5.80. The van der Waals surface area contributed by atoms with Gasteiger partial charge in [-0.25, -0.2) is 4.98 Å². The lowest BCUT2D eigenvalue weighted by atomic mass is 10.3. The standard InChI is InChI=1S/C15H16N4O3/c1-22-9-7-16-13(20)10-19-14-11(4-2-6-17-14)18-8-3-5-12(18)15(19)21/h2-6,8H,7,9-10H2,1H3,(H,16,20). The van der Waals surface area contributed by atoms with Gasteiger partial charge in [-0.2, -0.15) is 0 Å². The Hall–Kier alpha value is -2.67. The lowest BCUT2D eigenvalue weighted by molar-refractivity contribution is -0.121. The number of carbonyl (C=O) groups excluding carboxylic acids is 1. The van der Waals surface area contributed by atoms with E-state index < -0.39 is 0 Å². The van der Waals surface area contributed by atoms with E-state index in [0.717, 1.165) is 5.52 Å². The highest BCUT2D eigenvalue weighted by Crippen LogP contribution is 2.12. The normalized spacial score (nSPS) is 11.1. The van der Waals surface area contributed by atoms with Gasteiger partial charge in [0, 0.05) is 26.0 Å². The molecule has 0 unspecified atom stereocenters. The molecular formula is C15H16N4O3. The Morgan fingerprint density at radius 1 is 1.32 bits per heavy atom. The molecule has 0 saturated heterocycles. The van der Waals surface area contributed by atoms with Gasteiger partial charge in [-0.1, -0.05) is 0 Å². The Balaban J connectivity index is 2.05. The van der Waals surface area contributed by atoms with Crippen LogP contribution in [0.25, 0.3) is 16.7 Å². The van der Waals surface area contributed by atoms with E-state index in [2.05, 4.69) is 10.3 Å². The number of carbonyl (C=O) groups is 1. The zero-order valence-electron chi connectivity index (χ0n) is 12.2. The molecule has 0 aliphatic heterocycles. The molecule has 7 nitrogen and oxygen atoms in total. The molecule has 3 aromatic rings. The Kier molecular flexibility index (Phi) is 3.88. The van der Waals surface area contributed by atoms with E-state index in [1.807, 2.05) is 12.3 Å². The van der Waals surface area contributed by atoms with Crippen molar-refractivity contribution in [1.29, 1.82) is 0 Å². The number of pyridine rings is 1. The van der Waals surface area contributed by atoms with Crippen LogP contribution < -0.4 is 10.9 Å². The molecule has 0 atom stereocenters. The molecule has 22 heavy (non-hydrogen) atoms. The summed E-state index contributed by atoms with van der Waals surface area (Å²) in [5.74, 6) is -0.248. The number of methoxy groups -OCH3 is 1. The van der Waals surface area contributed by atoms with E-state index in [4.69, 9.17) is 4.74 Å². The molecule has 0 aliphatic rings. The lowest BCUT2D eigenvalue weighted by Gasteiger charge is -2.11. The fourth-order valence-corrected chi connectivity index (χ4v) is 2.42. The number of nitrogens with zero attached hydrogens (tertiary/aromatic N) is 3. The minimum atomic E-state index is -0.248. The maximum atomic E-state index is 12.6. The molecule has 3 aromatic heterocycles. The summed E-state index contributed by atoms with van der Waals surface area (Å²) < 4.78 is 8.06. The van der Waals surface area contributed by atoms with Crippen LogP contribution in [-0.4, -0.2) is 40.1 Å². The zero-order chi connectivity index (χ0) is 15.5. The summed E-state index contributed by atoms with van der Waals surface area (Å²) in [6.45, 7) is 0.762. The molecule has 3 heterocycles. The van der Waals surface area contributed by atoms with E-state index in [1.165, 1.54) is 4.57 Å². The van der Waals surface area contributed by atoms with E-state index in [1.54, 1.807) is 35.9 Å². The SMILES string of the molecule is COCCNC(=O)Cn1c(=O)c2cccn2c2cccnc21. The summed E-state index contributed by atoms with van der Waals surface area (Å²) in [5, 5.41) is 2.71. The quantitative estimate of drug-likeness (QED) is 0.692. The van der Waals surface area contributed by atoms with Crippen molar-refractivity contribution in [3.8, 4) is 0 Å². The summed E-state index contributed by atoms with van der Waals surface area (Å²) in [7, 11) is 1.56. The highest BCUT2D eigenvalue weighted by Gasteiger charge is 2.13. The van der Waals surface area contributed by atoms with Crippen molar-refractivity contribution < 1.29 is 9.53 Å². The van der Waals surface area contributed by atoms with Gasteiger partial charge >= 0.3 is 0 Å². The number of hydrogen-bond acceptors (Lipinski definition) is 4. The predicted octanol–water partition coefficient (Wildman–Crippen LogP) is 0.412. The average Bonchev–Trinajstić information content (AvgIpc) is 3.02. The first-order valence-corrected chi connectivity index (χ1v) is 6.92. The van der Waals surface area contributed by atoms with E-state index in [-0.39, 0.29) is 18.0 Å². The number of hydrogen-bond donors (Lipinski definition) is 1. The number of nitrogens with one attached hydrogen (secondary N) is 1. The summed E-state index contributed by atoms with van der Waals surface area (Å²) >= 11 is 0. The first-order valence-electron chi connectivity index (χ1n) is 6.92. The third-order valence-electron chi connectivity index (χ3n) is 3.42. The van der Waals surface area contributed by atoms with Crippen molar-refractivity contribution in [2.24, 2.45) is 0 Å². The molecule has 0 saturated carbocycles. The van der Waals surface area contributed by atoms with Gasteiger partial charge in [-0.05, 0) is 24.3 Å². The second-order valence-corrected chi connectivity index (χ2v) is 4.84. The number of amides is 1. The first kappa shape index (κ1) is 14.3. The molecule has 3 rings (SSSR count). The third-order valence-corrected chi connectivity index (χ3v) is 3.42. The maximum absolute atomic E-state index is 12.6. The molecule has 0 spiro atoms. The van der Waals surface area contributed by atoms with E-state index in [0.29, 0.717) is 24.3 Å². The number of rotatable bonds is 5. The molecule has 7 heteroatoms. The number of aromatic nitrogens is 3. The average molecular weight is 300 g/mol.